The molecule has 0 saturated carbocycles. The second kappa shape index (κ2) is 6.96. The molecule has 0 amide bonds. The molecule has 1 aliphatic rings. The Morgan fingerprint density at radius 2 is 1.72 bits per heavy atom. The molecule has 1 saturated heterocycles. The van der Waals surface area contributed by atoms with Crippen molar-refractivity contribution in [2.24, 2.45) is 5.92 Å². The number of halogens is 1. The van der Waals surface area contributed by atoms with Gasteiger partial charge < -0.3 is 4.57 Å². The molecule has 0 spiro atoms. The summed E-state index contributed by atoms with van der Waals surface area (Å²) in [6, 6.07) is 15.0. The Balaban J connectivity index is 1.64. The van der Waals surface area contributed by atoms with Crippen LogP contribution in [0.3, 0.4) is 0 Å². The first-order valence-electron chi connectivity index (χ1n) is 9.10. The smallest absolute Gasteiger partial charge is 0.124 e. The summed E-state index contributed by atoms with van der Waals surface area (Å²) in [5.41, 5.74) is 3.27. The first-order chi connectivity index (χ1) is 12.2. The van der Waals surface area contributed by atoms with E-state index in [2.05, 4.69) is 34.6 Å². The summed E-state index contributed by atoms with van der Waals surface area (Å²) in [6.45, 7) is 6.21. The molecule has 0 atom stereocenters. The average molecular weight is 337 g/mol. The minimum atomic E-state index is -0.193. The predicted molar refractivity (Wildman–Crippen MR) is 98.9 cm³/mol. The highest BCUT2D eigenvalue weighted by Crippen LogP contribution is 2.22. The Bertz CT molecular complexity index is 845. The predicted octanol–water partition coefficient (Wildman–Crippen LogP) is 4.46. The number of para-hydroxylation sites is 2. The van der Waals surface area contributed by atoms with Crippen LogP contribution in [0, 0.1) is 11.7 Å². The Kier molecular flexibility index (Phi) is 4.53. The van der Waals surface area contributed by atoms with Crippen LogP contribution in [-0.2, 0) is 13.1 Å². The summed E-state index contributed by atoms with van der Waals surface area (Å²) in [5, 5.41) is 0. The van der Waals surface area contributed by atoms with E-state index in [0.717, 1.165) is 54.5 Å². The van der Waals surface area contributed by atoms with Gasteiger partial charge in [0.15, 0.2) is 0 Å². The highest BCUT2D eigenvalue weighted by molar-refractivity contribution is 5.76. The molecule has 0 aliphatic carbocycles. The molecule has 0 radical (unpaired) electrons. The fraction of sp³-hybridized carbons (Fsp3) is 0.381. The van der Waals surface area contributed by atoms with Crippen molar-refractivity contribution in [3.63, 3.8) is 0 Å². The lowest BCUT2D eigenvalue weighted by Crippen LogP contribution is -2.33. The largest absolute Gasteiger partial charge is 0.322 e. The van der Waals surface area contributed by atoms with Gasteiger partial charge in [-0.25, -0.2) is 9.37 Å². The fourth-order valence-electron chi connectivity index (χ4n) is 3.62. The molecule has 4 heteroatoms. The summed E-state index contributed by atoms with van der Waals surface area (Å²) in [4.78, 5) is 7.39. The maximum atomic E-state index is 13.2. The minimum Gasteiger partial charge on any atom is -0.322 e. The van der Waals surface area contributed by atoms with Gasteiger partial charge in [0, 0.05) is 6.54 Å². The number of piperidine rings is 1. The van der Waals surface area contributed by atoms with Crippen molar-refractivity contribution in [2.75, 3.05) is 13.1 Å². The second-order valence-electron chi connectivity index (χ2n) is 7.19. The van der Waals surface area contributed by atoms with Gasteiger partial charge in [0.25, 0.3) is 0 Å². The summed E-state index contributed by atoms with van der Waals surface area (Å²) in [6.07, 6.45) is 2.52. The van der Waals surface area contributed by atoms with Gasteiger partial charge in [0.05, 0.1) is 17.6 Å². The number of hydrogen-bond donors (Lipinski definition) is 0. The number of imidazole rings is 1. The summed E-state index contributed by atoms with van der Waals surface area (Å²) >= 11 is 0. The molecule has 0 bridgehead atoms. The Morgan fingerprint density at radius 1 is 1.00 bits per heavy atom. The number of hydrogen-bond acceptors (Lipinski definition) is 2. The number of aromatic nitrogens is 2. The maximum absolute atomic E-state index is 13.2. The second-order valence-corrected chi connectivity index (χ2v) is 7.19. The molecule has 2 aromatic carbocycles. The highest BCUT2D eigenvalue weighted by Gasteiger charge is 2.19. The van der Waals surface area contributed by atoms with E-state index in [1.165, 1.54) is 25.0 Å². The zero-order valence-electron chi connectivity index (χ0n) is 14.7. The third kappa shape index (κ3) is 3.59. The Morgan fingerprint density at radius 3 is 2.48 bits per heavy atom. The van der Waals surface area contributed by atoms with Gasteiger partial charge in [0.1, 0.15) is 11.6 Å². The van der Waals surface area contributed by atoms with Crippen molar-refractivity contribution >= 4 is 11.0 Å². The van der Waals surface area contributed by atoms with E-state index in [4.69, 9.17) is 4.98 Å². The molecule has 0 N–H and O–H groups in total. The topological polar surface area (TPSA) is 21.1 Å². The lowest BCUT2D eigenvalue weighted by molar-refractivity contribution is 0.180. The van der Waals surface area contributed by atoms with Crippen molar-refractivity contribution in [3.05, 3.63) is 65.7 Å². The SMILES string of the molecule is CC1CCN(Cc2nc3ccccc3n2Cc2ccc(F)cc2)CC1. The van der Waals surface area contributed by atoms with Crippen molar-refractivity contribution in [1.82, 2.24) is 14.5 Å². The Hall–Kier alpha value is -2.20. The van der Waals surface area contributed by atoms with Crippen molar-refractivity contribution < 1.29 is 4.39 Å². The number of benzene rings is 2. The quantitative estimate of drug-likeness (QED) is 0.701. The molecule has 0 unspecified atom stereocenters. The third-order valence-corrected chi connectivity index (χ3v) is 5.23. The van der Waals surface area contributed by atoms with E-state index in [0.29, 0.717) is 0 Å². The molecule has 25 heavy (non-hydrogen) atoms. The number of likely N-dealkylation sites (tertiary alicyclic amines) is 1. The van der Waals surface area contributed by atoms with Crippen LogP contribution in [-0.4, -0.2) is 27.5 Å². The van der Waals surface area contributed by atoms with Crippen LogP contribution in [0.15, 0.2) is 48.5 Å². The molecule has 3 aromatic rings. The molecule has 4 rings (SSSR count). The number of nitrogens with zero attached hydrogens (tertiary/aromatic N) is 3. The lowest BCUT2D eigenvalue weighted by atomic mass is 9.99. The van der Waals surface area contributed by atoms with Crippen molar-refractivity contribution in [2.45, 2.75) is 32.9 Å². The monoisotopic (exact) mass is 337 g/mol. The van der Waals surface area contributed by atoms with Gasteiger partial charge in [0.2, 0.25) is 0 Å². The number of fused-ring (bicyclic) bond motifs is 1. The van der Waals surface area contributed by atoms with Crippen molar-refractivity contribution in [1.29, 1.82) is 0 Å². The van der Waals surface area contributed by atoms with E-state index in [9.17, 15) is 4.39 Å². The van der Waals surface area contributed by atoms with Gasteiger partial charge in [-0.2, -0.15) is 0 Å². The van der Waals surface area contributed by atoms with Gasteiger partial charge in [-0.05, 0) is 61.7 Å². The summed E-state index contributed by atoms with van der Waals surface area (Å²) in [5.74, 6) is 1.73. The van der Waals surface area contributed by atoms with Crippen LogP contribution in [0.4, 0.5) is 4.39 Å². The minimum absolute atomic E-state index is 0.193. The zero-order valence-corrected chi connectivity index (χ0v) is 14.7. The summed E-state index contributed by atoms with van der Waals surface area (Å²) < 4.78 is 15.5. The first kappa shape index (κ1) is 16.3. The normalized spacial score (nSPS) is 16.6. The van der Waals surface area contributed by atoms with Gasteiger partial charge in [-0.3, -0.25) is 4.90 Å². The van der Waals surface area contributed by atoms with Crippen molar-refractivity contribution in [3.8, 4) is 0 Å². The molecule has 130 valence electrons. The standard InChI is InChI=1S/C21H24FN3/c1-16-10-12-24(13-11-16)15-21-23-19-4-2-3-5-20(19)25(21)14-17-6-8-18(22)9-7-17/h2-9,16H,10-15H2,1H3. The van der Waals surface area contributed by atoms with Crippen LogP contribution in [0.25, 0.3) is 11.0 Å². The van der Waals surface area contributed by atoms with E-state index in [1.807, 2.05) is 18.2 Å². The van der Waals surface area contributed by atoms with E-state index >= 15 is 0 Å². The van der Waals surface area contributed by atoms with Crippen LogP contribution >= 0.6 is 0 Å². The van der Waals surface area contributed by atoms with Gasteiger partial charge in [-0.15, -0.1) is 0 Å². The lowest BCUT2D eigenvalue weighted by Gasteiger charge is -2.30. The van der Waals surface area contributed by atoms with Crippen LogP contribution in [0.5, 0.6) is 0 Å². The van der Waals surface area contributed by atoms with Gasteiger partial charge >= 0.3 is 0 Å². The molecular formula is C21H24FN3. The third-order valence-electron chi connectivity index (χ3n) is 5.23. The van der Waals surface area contributed by atoms with Crippen LogP contribution in [0.2, 0.25) is 0 Å². The van der Waals surface area contributed by atoms with E-state index < -0.39 is 0 Å². The van der Waals surface area contributed by atoms with Crippen LogP contribution < -0.4 is 0 Å². The first-order valence-corrected chi connectivity index (χ1v) is 9.10. The molecular weight excluding hydrogens is 313 g/mol. The highest BCUT2D eigenvalue weighted by atomic mass is 19.1. The summed E-state index contributed by atoms with van der Waals surface area (Å²) in [7, 11) is 0. The average Bonchev–Trinajstić information content (AvgIpc) is 2.96. The van der Waals surface area contributed by atoms with E-state index in [-0.39, 0.29) is 5.82 Å². The molecule has 1 aromatic heterocycles. The Labute approximate surface area is 148 Å². The molecule has 3 nitrogen and oxygen atoms in total. The van der Waals surface area contributed by atoms with Crippen LogP contribution in [0.1, 0.15) is 31.2 Å². The molecule has 2 heterocycles. The molecule has 1 aliphatic heterocycles. The molecule has 1 fully saturated rings. The maximum Gasteiger partial charge on any atom is 0.124 e. The number of rotatable bonds is 4. The zero-order chi connectivity index (χ0) is 17.2. The fourth-order valence-corrected chi connectivity index (χ4v) is 3.62. The van der Waals surface area contributed by atoms with E-state index in [1.54, 1.807) is 0 Å². The van der Waals surface area contributed by atoms with Gasteiger partial charge in [-0.1, -0.05) is 31.2 Å².